The maximum atomic E-state index is 5.66. The summed E-state index contributed by atoms with van der Waals surface area (Å²) in [5.41, 5.74) is 7.14. The zero-order valence-electron chi connectivity index (χ0n) is 20.7. The lowest BCUT2D eigenvalue weighted by molar-refractivity contribution is 0.0421. The molecule has 3 aliphatic rings. The van der Waals surface area contributed by atoms with Crippen LogP contribution in [0.1, 0.15) is 60.7 Å². The molecule has 4 atom stereocenters. The lowest BCUT2D eigenvalue weighted by atomic mass is 9.73. The van der Waals surface area contributed by atoms with E-state index in [2.05, 4.69) is 58.5 Å². The molecule has 0 amide bonds. The van der Waals surface area contributed by atoms with Gasteiger partial charge in [-0.25, -0.2) is 0 Å². The highest BCUT2D eigenvalue weighted by atomic mass is 16.5. The summed E-state index contributed by atoms with van der Waals surface area (Å²) in [5.74, 6) is 3.12. The van der Waals surface area contributed by atoms with Crippen molar-refractivity contribution in [3.05, 3.63) is 58.8 Å². The van der Waals surface area contributed by atoms with Gasteiger partial charge in [0.25, 0.3) is 0 Å². The SMILES string of the molecule is CC[C@H]1CN2CCc3c([nH]c4ccccc34)[C@@H]2C[C@@H]1C[C@@H]1NCCc2cc(OC)c(OC)cc21. The van der Waals surface area contributed by atoms with Crippen molar-refractivity contribution in [3.8, 4) is 11.5 Å². The van der Waals surface area contributed by atoms with Crippen molar-refractivity contribution < 1.29 is 9.47 Å². The molecule has 0 aliphatic carbocycles. The Kier molecular flexibility index (Phi) is 5.78. The third-order valence-corrected chi connectivity index (χ3v) is 8.80. The molecule has 2 aromatic carbocycles. The van der Waals surface area contributed by atoms with E-state index in [1.807, 2.05) is 0 Å². The van der Waals surface area contributed by atoms with E-state index in [9.17, 15) is 0 Å². The van der Waals surface area contributed by atoms with Crippen LogP contribution in [0.15, 0.2) is 36.4 Å². The summed E-state index contributed by atoms with van der Waals surface area (Å²) >= 11 is 0. The predicted octanol–water partition coefficient (Wildman–Crippen LogP) is 5.41. The molecule has 5 heteroatoms. The van der Waals surface area contributed by atoms with Crippen LogP contribution in [0.3, 0.4) is 0 Å². The van der Waals surface area contributed by atoms with E-state index in [1.54, 1.807) is 19.8 Å². The molecule has 0 saturated carbocycles. The van der Waals surface area contributed by atoms with Crippen molar-refractivity contribution in [2.24, 2.45) is 11.8 Å². The van der Waals surface area contributed by atoms with Crippen molar-refractivity contribution in [2.45, 2.75) is 51.1 Å². The number of hydrogen-bond acceptors (Lipinski definition) is 4. The van der Waals surface area contributed by atoms with E-state index in [0.717, 1.165) is 36.8 Å². The first-order valence-electron chi connectivity index (χ1n) is 13.0. The third kappa shape index (κ3) is 3.61. The number of rotatable bonds is 5. The molecule has 6 rings (SSSR count). The number of nitrogens with zero attached hydrogens (tertiary/aromatic N) is 1. The Labute approximate surface area is 202 Å². The van der Waals surface area contributed by atoms with Gasteiger partial charge in [0.2, 0.25) is 0 Å². The van der Waals surface area contributed by atoms with Crippen LogP contribution in [0, 0.1) is 11.8 Å². The van der Waals surface area contributed by atoms with Gasteiger partial charge in [0.1, 0.15) is 0 Å². The number of para-hydroxylation sites is 1. The highest BCUT2D eigenvalue weighted by Crippen LogP contribution is 2.47. The van der Waals surface area contributed by atoms with Gasteiger partial charge in [-0.2, -0.15) is 0 Å². The summed E-state index contributed by atoms with van der Waals surface area (Å²) in [5, 5.41) is 5.28. The molecular formula is C29H37N3O2. The van der Waals surface area contributed by atoms with Crippen molar-refractivity contribution >= 4 is 10.9 Å². The molecule has 4 heterocycles. The van der Waals surface area contributed by atoms with E-state index < -0.39 is 0 Å². The van der Waals surface area contributed by atoms with Gasteiger partial charge in [0.15, 0.2) is 11.5 Å². The fourth-order valence-corrected chi connectivity index (χ4v) is 7.02. The average Bonchev–Trinajstić information content (AvgIpc) is 3.27. The van der Waals surface area contributed by atoms with E-state index in [0.29, 0.717) is 18.0 Å². The van der Waals surface area contributed by atoms with Crippen LogP contribution in [-0.4, -0.2) is 43.7 Å². The van der Waals surface area contributed by atoms with Crippen LogP contribution < -0.4 is 14.8 Å². The molecule has 1 fully saturated rings. The van der Waals surface area contributed by atoms with Gasteiger partial charge in [-0.15, -0.1) is 0 Å². The Bertz CT molecular complexity index is 1190. The summed E-state index contributed by atoms with van der Waals surface area (Å²) in [6.45, 7) is 5.81. The van der Waals surface area contributed by atoms with Crippen LogP contribution in [0.5, 0.6) is 11.5 Å². The molecule has 0 unspecified atom stereocenters. The topological polar surface area (TPSA) is 49.5 Å². The summed E-state index contributed by atoms with van der Waals surface area (Å²) in [6.07, 6.45) is 5.87. The molecule has 1 aromatic heterocycles. The predicted molar refractivity (Wildman–Crippen MR) is 137 cm³/mol. The average molecular weight is 460 g/mol. The molecular weight excluding hydrogens is 422 g/mol. The maximum absolute atomic E-state index is 5.66. The van der Waals surface area contributed by atoms with Crippen molar-refractivity contribution in [1.29, 1.82) is 0 Å². The molecule has 0 bridgehead atoms. The summed E-state index contributed by atoms with van der Waals surface area (Å²) in [6, 6.07) is 14.1. The summed E-state index contributed by atoms with van der Waals surface area (Å²) < 4.78 is 11.2. The fourth-order valence-electron chi connectivity index (χ4n) is 7.02. The van der Waals surface area contributed by atoms with Gasteiger partial charge < -0.3 is 19.8 Å². The summed E-state index contributed by atoms with van der Waals surface area (Å²) in [7, 11) is 3.46. The van der Waals surface area contributed by atoms with Crippen LogP contribution in [0.4, 0.5) is 0 Å². The number of aromatic nitrogens is 1. The molecule has 180 valence electrons. The number of aromatic amines is 1. The zero-order valence-corrected chi connectivity index (χ0v) is 20.7. The van der Waals surface area contributed by atoms with Crippen LogP contribution in [0.25, 0.3) is 10.9 Å². The van der Waals surface area contributed by atoms with Gasteiger partial charge in [-0.1, -0.05) is 31.5 Å². The van der Waals surface area contributed by atoms with Crippen LogP contribution in [-0.2, 0) is 12.8 Å². The third-order valence-electron chi connectivity index (χ3n) is 8.80. The number of piperidine rings is 1. The van der Waals surface area contributed by atoms with Crippen molar-refractivity contribution in [2.75, 3.05) is 33.9 Å². The first kappa shape index (κ1) is 22.0. The van der Waals surface area contributed by atoms with E-state index in [4.69, 9.17) is 9.47 Å². The quantitative estimate of drug-likeness (QED) is 0.536. The minimum atomic E-state index is 0.375. The Morgan fingerprint density at radius 3 is 2.68 bits per heavy atom. The first-order chi connectivity index (χ1) is 16.7. The second kappa shape index (κ2) is 8.94. The molecule has 1 saturated heterocycles. The number of nitrogens with one attached hydrogen (secondary N) is 2. The first-order valence-corrected chi connectivity index (χ1v) is 13.0. The normalized spacial score (nSPS) is 26.6. The highest BCUT2D eigenvalue weighted by Gasteiger charge is 2.40. The number of methoxy groups -OCH3 is 2. The van der Waals surface area contributed by atoms with Crippen molar-refractivity contribution in [1.82, 2.24) is 15.2 Å². The number of ether oxygens (including phenoxy) is 2. The second-order valence-corrected chi connectivity index (χ2v) is 10.4. The minimum absolute atomic E-state index is 0.375. The van der Waals surface area contributed by atoms with Gasteiger partial charge in [-0.05, 0) is 79.0 Å². The molecule has 3 aliphatic heterocycles. The lowest BCUT2D eigenvalue weighted by Crippen LogP contribution is -2.46. The Balaban J connectivity index is 1.30. The van der Waals surface area contributed by atoms with Gasteiger partial charge in [0, 0.05) is 35.7 Å². The Morgan fingerprint density at radius 2 is 1.85 bits per heavy atom. The fraction of sp³-hybridized carbons (Fsp3) is 0.517. The molecule has 5 nitrogen and oxygen atoms in total. The number of fused-ring (bicyclic) bond motifs is 6. The Hall–Kier alpha value is -2.50. The van der Waals surface area contributed by atoms with Crippen LogP contribution >= 0.6 is 0 Å². The number of benzene rings is 2. The molecule has 0 spiro atoms. The molecule has 0 radical (unpaired) electrons. The molecule has 34 heavy (non-hydrogen) atoms. The maximum Gasteiger partial charge on any atom is 0.161 e. The summed E-state index contributed by atoms with van der Waals surface area (Å²) in [4.78, 5) is 6.59. The number of hydrogen-bond donors (Lipinski definition) is 2. The van der Waals surface area contributed by atoms with Crippen molar-refractivity contribution in [3.63, 3.8) is 0 Å². The molecule has 3 aromatic rings. The largest absolute Gasteiger partial charge is 0.493 e. The second-order valence-electron chi connectivity index (χ2n) is 10.4. The molecule has 2 N–H and O–H groups in total. The van der Waals surface area contributed by atoms with E-state index in [-0.39, 0.29) is 0 Å². The van der Waals surface area contributed by atoms with E-state index >= 15 is 0 Å². The standard InChI is InChI=1S/C29H37N3O2/c1-4-18-17-32-12-10-22-21-7-5-6-8-24(21)31-29(22)26(32)14-20(18)13-25-23-16-28(34-3)27(33-2)15-19(23)9-11-30-25/h5-8,15-16,18,20,25-26,30-31H,4,9-14,17H2,1-3H3/t18-,20-,25-,26-/m0/s1. The van der Waals surface area contributed by atoms with Gasteiger partial charge in [-0.3, -0.25) is 4.90 Å². The number of H-pyrrole nitrogens is 1. The lowest BCUT2D eigenvalue weighted by Gasteiger charge is -2.47. The van der Waals surface area contributed by atoms with Crippen LogP contribution in [0.2, 0.25) is 0 Å². The van der Waals surface area contributed by atoms with E-state index in [1.165, 1.54) is 60.1 Å². The zero-order chi connectivity index (χ0) is 23.2. The highest BCUT2D eigenvalue weighted by molar-refractivity contribution is 5.85. The van der Waals surface area contributed by atoms with Gasteiger partial charge >= 0.3 is 0 Å². The Morgan fingerprint density at radius 1 is 1.03 bits per heavy atom. The minimum Gasteiger partial charge on any atom is -0.493 e. The monoisotopic (exact) mass is 459 g/mol. The van der Waals surface area contributed by atoms with Gasteiger partial charge in [0.05, 0.1) is 20.3 Å². The smallest absolute Gasteiger partial charge is 0.161 e.